The monoisotopic (exact) mass is 386 g/mol. The summed E-state index contributed by atoms with van der Waals surface area (Å²) in [7, 11) is 0. The van der Waals surface area contributed by atoms with Gasteiger partial charge in [0.1, 0.15) is 12.2 Å². The lowest BCUT2D eigenvalue weighted by Crippen LogP contribution is -2.51. The van der Waals surface area contributed by atoms with Crippen molar-refractivity contribution in [3.8, 4) is 0 Å². The number of aliphatic hydroxyl groups excluding tert-OH is 1. The maximum Gasteiger partial charge on any atom is 0.416 e. The molecule has 0 unspecified atom stereocenters. The number of ether oxygens (including phenoxy) is 2. The highest BCUT2D eigenvalue weighted by molar-refractivity contribution is 5.93. The van der Waals surface area contributed by atoms with Crippen molar-refractivity contribution in [2.75, 3.05) is 6.61 Å². The van der Waals surface area contributed by atoms with Gasteiger partial charge in [-0.05, 0) is 32.6 Å². The number of carbonyl (C=O) groups is 3. The molecule has 0 aromatic rings. The van der Waals surface area contributed by atoms with Crippen molar-refractivity contribution in [3.05, 3.63) is 0 Å². The number of alkyl carbamates (subject to hydrolysis) is 1. The Hall–Kier alpha value is -1.83. The number of hydrogen-bond donors (Lipinski definition) is 2. The molecule has 1 aliphatic rings. The molecule has 156 valence electrons. The van der Waals surface area contributed by atoms with E-state index in [1.807, 2.05) is 27.7 Å². The maximum absolute atomic E-state index is 12.6. The average Bonchev–Trinajstić information content (AvgIpc) is 2.92. The molecule has 1 rings (SSSR count). The fourth-order valence-electron chi connectivity index (χ4n) is 2.93. The molecular formula is C19H34N2O6. The smallest absolute Gasteiger partial charge is 0.416 e. The number of imide groups is 1. The lowest BCUT2D eigenvalue weighted by Gasteiger charge is -2.31. The number of carbonyl (C=O) groups excluding carboxylic acids is 3. The molecule has 0 aromatic heterocycles. The summed E-state index contributed by atoms with van der Waals surface area (Å²) in [6.45, 7) is 13.0. The summed E-state index contributed by atoms with van der Waals surface area (Å²) in [5.74, 6) is -0.558. The van der Waals surface area contributed by atoms with Crippen molar-refractivity contribution in [2.24, 2.45) is 11.8 Å². The fourth-order valence-corrected chi connectivity index (χ4v) is 2.93. The van der Waals surface area contributed by atoms with E-state index in [0.717, 1.165) is 4.90 Å². The molecule has 3 amide bonds. The zero-order chi connectivity index (χ0) is 20.9. The second-order valence-corrected chi connectivity index (χ2v) is 8.48. The van der Waals surface area contributed by atoms with E-state index in [4.69, 9.17) is 9.47 Å². The SMILES string of the molecule is CC[C@H](C)[C@@H](NC(=O)OC(C)(C)C)[C@@H](O)CC(=O)N1C(=O)OC[C@H]1C(C)C. The quantitative estimate of drug-likeness (QED) is 0.697. The second-order valence-electron chi connectivity index (χ2n) is 8.48. The van der Waals surface area contributed by atoms with E-state index >= 15 is 0 Å². The molecular weight excluding hydrogens is 352 g/mol. The molecule has 4 atom stereocenters. The summed E-state index contributed by atoms with van der Waals surface area (Å²) in [4.78, 5) is 37.7. The zero-order valence-electron chi connectivity index (χ0n) is 17.4. The van der Waals surface area contributed by atoms with Crippen LogP contribution in [0.25, 0.3) is 0 Å². The third-order valence-electron chi connectivity index (χ3n) is 4.68. The fraction of sp³-hybridized carbons (Fsp3) is 0.842. The Kier molecular flexibility index (Phi) is 8.07. The summed E-state index contributed by atoms with van der Waals surface area (Å²) in [5, 5.41) is 13.3. The summed E-state index contributed by atoms with van der Waals surface area (Å²) < 4.78 is 10.2. The van der Waals surface area contributed by atoms with Gasteiger partial charge in [-0.25, -0.2) is 14.5 Å². The minimum absolute atomic E-state index is 0.0443. The molecule has 0 spiro atoms. The van der Waals surface area contributed by atoms with E-state index in [1.54, 1.807) is 20.8 Å². The lowest BCUT2D eigenvalue weighted by molar-refractivity contribution is -0.132. The van der Waals surface area contributed by atoms with Gasteiger partial charge < -0.3 is 19.9 Å². The maximum atomic E-state index is 12.6. The van der Waals surface area contributed by atoms with Crippen molar-refractivity contribution < 1.29 is 29.0 Å². The van der Waals surface area contributed by atoms with Gasteiger partial charge in [-0.15, -0.1) is 0 Å². The summed E-state index contributed by atoms with van der Waals surface area (Å²) in [6, 6.07) is -1.03. The van der Waals surface area contributed by atoms with Gasteiger partial charge in [0, 0.05) is 0 Å². The molecule has 0 bridgehead atoms. The van der Waals surface area contributed by atoms with Gasteiger partial charge in [0.15, 0.2) is 0 Å². The van der Waals surface area contributed by atoms with Crippen molar-refractivity contribution >= 4 is 18.1 Å². The highest BCUT2D eigenvalue weighted by atomic mass is 16.6. The molecule has 8 nitrogen and oxygen atoms in total. The molecule has 2 N–H and O–H groups in total. The van der Waals surface area contributed by atoms with Crippen LogP contribution in [0.5, 0.6) is 0 Å². The average molecular weight is 386 g/mol. The van der Waals surface area contributed by atoms with E-state index in [9.17, 15) is 19.5 Å². The van der Waals surface area contributed by atoms with Crippen LogP contribution in [-0.2, 0) is 14.3 Å². The van der Waals surface area contributed by atoms with Gasteiger partial charge in [0.05, 0.1) is 24.6 Å². The third-order valence-corrected chi connectivity index (χ3v) is 4.68. The van der Waals surface area contributed by atoms with E-state index in [-0.39, 0.29) is 30.9 Å². The normalized spacial score (nSPS) is 20.9. The predicted molar refractivity (Wildman–Crippen MR) is 100 cm³/mol. The van der Waals surface area contributed by atoms with Crippen LogP contribution in [0.4, 0.5) is 9.59 Å². The minimum atomic E-state index is -1.15. The van der Waals surface area contributed by atoms with Crippen LogP contribution in [-0.4, -0.2) is 58.5 Å². The van der Waals surface area contributed by atoms with Crippen LogP contribution in [0.15, 0.2) is 0 Å². The third kappa shape index (κ3) is 6.68. The Balaban J connectivity index is 2.83. The summed E-state index contributed by atoms with van der Waals surface area (Å²) in [6.07, 6.45) is -2.10. The summed E-state index contributed by atoms with van der Waals surface area (Å²) in [5.41, 5.74) is -0.672. The van der Waals surface area contributed by atoms with Gasteiger partial charge in [-0.1, -0.05) is 34.1 Å². The Bertz CT molecular complexity index is 543. The van der Waals surface area contributed by atoms with Crippen LogP contribution in [0.3, 0.4) is 0 Å². The number of rotatable bonds is 7. The molecule has 1 fully saturated rings. The van der Waals surface area contributed by atoms with Crippen LogP contribution in [0.2, 0.25) is 0 Å². The standard InChI is InChI=1S/C19H34N2O6/c1-8-12(4)16(20-17(24)27-19(5,6)7)14(22)9-15(23)21-13(11(2)3)10-26-18(21)25/h11-14,16,22H,8-10H2,1-7H3,(H,20,24)/t12-,13-,14-,16+/m0/s1. The first-order valence-electron chi connectivity index (χ1n) is 9.53. The number of nitrogens with one attached hydrogen (secondary N) is 1. The minimum Gasteiger partial charge on any atom is -0.447 e. The van der Waals surface area contributed by atoms with E-state index < -0.39 is 35.8 Å². The first kappa shape index (κ1) is 23.2. The van der Waals surface area contributed by atoms with E-state index in [2.05, 4.69) is 5.32 Å². The Morgan fingerprint density at radius 2 is 1.93 bits per heavy atom. The molecule has 1 heterocycles. The molecule has 1 saturated heterocycles. The first-order valence-corrected chi connectivity index (χ1v) is 9.53. The predicted octanol–water partition coefficient (Wildman–Crippen LogP) is 2.68. The van der Waals surface area contributed by atoms with Crippen LogP contribution < -0.4 is 5.32 Å². The van der Waals surface area contributed by atoms with E-state index in [1.165, 1.54) is 0 Å². The molecule has 0 radical (unpaired) electrons. The van der Waals surface area contributed by atoms with Crippen molar-refractivity contribution in [3.63, 3.8) is 0 Å². The second kappa shape index (κ2) is 9.39. The highest BCUT2D eigenvalue weighted by Crippen LogP contribution is 2.22. The van der Waals surface area contributed by atoms with Crippen LogP contribution in [0, 0.1) is 11.8 Å². The zero-order valence-corrected chi connectivity index (χ0v) is 17.4. The molecule has 0 saturated carbocycles. The lowest BCUT2D eigenvalue weighted by atomic mass is 9.92. The van der Waals surface area contributed by atoms with Crippen molar-refractivity contribution in [1.29, 1.82) is 0 Å². The molecule has 0 aliphatic carbocycles. The largest absolute Gasteiger partial charge is 0.447 e. The number of cyclic esters (lactones) is 1. The van der Waals surface area contributed by atoms with Crippen molar-refractivity contribution in [2.45, 2.75) is 85.1 Å². The molecule has 1 aliphatic heterocycles. The van der Waals surface area contributed by atoms with Gasteiger partial charge in [-0.3, -0.25) is 4.79 Å². The van der Waals surface area contributed by atoms with Gasteiger partial charge in [0.2, 0.25) is 5.91 Å². The molecule has 27 heavy (non-hydrogen) atoms. The topological polar surface area (TPSA) is 105 Å². The molecule has 0 aromatic carbocycles. The van der Waals surface area contributed by atoms with Crippen LogP contribution in [0.1, 0.15) is 61.3 Å². The first-order chi connectivity index (χ1) is 12.4. The number of aliphatic hydroxyl groups is 1. The Morgan fingerprint density at radius 3 is 2.41 bits per heavy atom. The van der Waals surface area contributed by atoms with Gasteiger partial charge in [0.25, 0.3) is 0 Å². The van der Waals surface area contributed by atoms with Gasteiger partial charge >= 0.3 is 12.2 Å². The van der Waals surface area contributed by atoms with Crippen molar-refractivity contribution in [1.82, 2.24) is 10.2 Å². The number of hydrogen-bond acceptors (Lipinski definition) is 6. The number of nitrogens with zero attached hydrogens (tertiary/aromatic N) is 1. The van der Waals surface area contributed by atoms with Gasteiger partial charge in [-0.2, -0.15) is 0 Å². The van der Waals surface area contributed by atoms with E-state index in [0.29, 0.717) is 6.42 Å². The highest BCUT2D eigenvalue weighted by Gasteiger charge is 2.41. The number of amides is 3. The Morgan fingerprint density at radius 1 is 1.33 bits per heavy atom. The summed E-state index contributed by atoms with van der Waals surface area (Å²) >= 11 is 0. The molecule has 8 heteroatoms. The Labute approximate surface area is 161 Å². The van der Waals surface area contributed by atoms with Crippen LogP contribution >= 0.6 is 0 Å².